The van der Waals surface area contributed by atoms with E-state index < -0.39 is 0 Å². The van der Waals surface area contributed by atoms with Crippen LogP contribution in [0.1, 0.15) is 6.92 Å². The highest BCUT2D eigenvalue weighted by atomic mass is 16.6. The molecule has 0 saturated carbocycles. The first-order valence-electron chi connectivity index (χ1n) is 2.99. The number of ether oxygens (including phenoxy) is 1. The van der Waals surface area contributed by atoms with Gasteiger partial charge in [0.15, 0.2) is 0 Å². The highest BCUT2D eigenvalue weighted by Crippen LogP contribution is 1.87. The highest BCUT2D eigenvalue weighted by Gasteiger charge is 2.03. The summed E-state index contributed by atoms with van der Waals surface area (Å²) in [4.78, 5) is 8.99. The third-order valence-electron chi connectivity index (χ3n) is 0.905. The van der Waals surface area contributed by atoms with Gasteiger partial charge in [0.25, 0.3) is 5.90 Å². The van der Waals surface area contributed by atoms with Gasteiger partial charge in [-0.2, -0.15) is 0 Å². The smallest absolute Gasteiger partial charge is 0.275 e. The van der Waals surface area contributed by atoms with Gasteiger partial charge in [-0.25, -0.2) is 0 Å². The molecule has 0 unspecified atom stereocenters. The molecule has 0 aromatic rings. The average Bonchev–Trinajstić information content (AvgIpc) is 2.00. The predicted octanol–water partition coefficient (Wildman–Crippen LogP) is 0.615. The third kappa shape index (κ3) is 3.44. The zero-order chi connectivity index (χ0) is 8.69. The van der Waals surface area contributed by atoms with Crippen molar-refractivity contribution in [2.75, 3.05) is 21.3 Å². The average molecular weight is 160 g/mol. The maximum Gasteiger partial charge on any atom is 0.275 e. The standard InChI is InChI=1S/C6H12N2O3/c1-5(7-10-3)6(9-2)8-11-4/h1-4H3/b7-5+,8-6-. The van der Waals surface area contributed by atoms with Crippen LogP contribution in [0.5, 0.6) is 0 Å². The Bertz CT molecular complexity index is 165. The number of hydrogen-bond acceptors (Lipinski definition) is 5. The summed E-state index contributed by atoms with van der Waals surface area (Å²) >= 11 is 0. The van der Waals surface area contributed by atoms with Crippen molar-refractivity contribution in [3.8, 4) is 0 Å². The Morgan fingerprint density at radius 1 is 1.00 bits per heavy atom. The molecule has 0 atom stereocenters. The number of rotatable bonds is 3. The van der Waals surface area contributed by atoms with E-state index in [2.05, 4.69) is 20.0 Å². The third-order valence-corrected chi connectivity index (χ3v) is 0.905. The highest BCUT2D eigenvalue weighted by molar-refractivity contribution is 6.37. The van der Waals surface area contributed by atoms with Crippen LogP contribution in [-0.4, -0.2) is 32.9 Å². The summed E-state index contributed by atoms with van der Waals surface area (Å²) in [6, 6.07) is 0. The van der Waals surface area contributed by atoms with Gasteiger partial charge in [0.1, 0.15) is 19.9 Å². The summed E-state index contributed by atoms with van der Waals surface area (Å²) in [6.07, 6.45) is 0. The fourth-order valence-corrected chi connectivity index (χ4v) is 0.510. The van der Waals surface area contributed by atoms with Crippen LogP contribution in [0.3, 0.4) is 0 Å². The van der Waals surface area contributed by atoms with Gasteiger partial charge in [-0.05, 0) is 12.1 Å². The van der Waals surface area contributed by atoms with Crippen LogP contribution in [0.15, 0.2) is 10.3 Å². The van der Waals surface area contributed by atoms with Gasteiger partial charge < -0.3 is 14.4 Å². The van der Waals surface area contributed by atoms with Crippen LogP contribution >= 0.6 is 0 Å². The molecule has 0 aromatic carbocycles. The van der Waals surface area contributed by atoms with Gasteiger partial charge >= 0.3 is 0 Å². The summed E-state index contributed by atoms with van der Waals surface area (Å²) in [6.45, 7) is 1.70. The minimum Gasteiger partial charge on any atom is -0.478 e. The van der Waals surface area contributed by atoms with Gasteiger partial charge in [-0.15, -0.1) is 0 Å². The lowest BCUT2D eigenvalue weighted by molar-refractivity contribution is 0.198. The van der Waals surface area contributed by atoms with Gasteiger partial charge in [-0.3, -0.25) is 0 Å². The predicted molar refractivity (Wildman–Crippen MR) is 41.6 cm³/mol. The zero-order valence-electron chi connectivity index (χ0n) is 7.12. The number of nitrogens with zero attached hydrogens (tertiary/aromatic N) is 2. The molecule has 0 amide bonds. The lowest BCUT2D eigenvalue weighted by atomic mass is 10.4. The van der Waals surface area contributed by atoms with E-state index in [-0.39, 0.29) is 0 Å². The quantitative estimate of drug-likeness (QED) is 0.345. The molecule has 11 heavy (non-hydrogen) atoms. The first kappa shape index (κ1) is 9.74. The van der Waals surface area contributed by atoms with Crippen molar-refractivity contribution in [3.63, 3.8) is 0 Å². The molecule has 0 fully saturated rings. The summed E-state index contributed by atoms with van der Waals surface area (Å²) in [5.74, 6) is 0.300. The van der Waals surface area contributed by atoms with Crippen molar-refractivity contribution in [2.45, 2.75) is 6.92 Å². The van der Waals surface area contributed by atoms with E-state index in [0.29, 0.717) is 11.6 Å². The van der Waals surface area contributed by atoms with Crippen molar-refractivity contribution < 1.29 is 14.4 Å². The van der Waals surface area contributed by atoms with E-state index >= 15 is 0 Å². The Hall–Kier alpha value is -1.26. The number of hydrogen-bond donors (Lipinski definition) is 0. The monoisotopic (exact) mass is 160 g/mol. The van der Waals surface area contributed by atoms with Crippen LogP contribution in [0.2, 0.25) is 0 Å². The van der Waals surface area contributed by atoms with Crippen molar-refractivity contribution in [2.24, 2.45) is 10.3 Å². The molecule has 0 rings (SSSR count). The molecule has 0 aromatic heterocycles. The van der Waals surface area contributed by atoms with Crippen LogP contribution in [0.4, 0.5) is 0 Å². The first-order chi connectivity index (χ1) is 5.26. The summed E-state index contributed by atoms with van der Waals surface area (Å²) in [5, 5.41) is 7.14. The Labute approximate surface area is 65.6 Å². The van der Waals surface area contributed by atoms with E-state index in [4.69, 9.17) is 4.74 Å². The maximum atomic E-state index is 4.82. The number of oxime groups is 2. The Morgan fingerprint density at radius 3 is 1.91 bits per heavy atom. The van der Waals surface area contributed by atoms with Crippen molar-refractivity contribution in [1.29, 1.82) is 0 Å². The van der Waals surface area contributed by atoms with E-state index in [1.807, 2.05) is 0 Å². The molecule has 0 saturated heterocycles. The van der Waals surface area contributed by atoms with Crippen molar-refractivity contribution in [3.05, 3.63) is 0 Å². The molecule has 0 heterocycles. The molecule has 0 aliphatic carbocycles. The second kappa shape index (κ2) is 5.52. The van der Waals surface area contributed by atoms with Crippen LogP contribution in [0, 0.1) is 0 Å². The molecule has 0 aliphatic rings. The van der Waals surface area contributed by atoms with Crippen LogP contribution in [0.25, 0.3) is 0 Å². The minimum atomic E-state index is 0.300. The molecule has 0 N–H and O–H groups in total. The van der Waals surface area contributed by atoms with Crippen molar-refractivity contribution in [1.82, 2.24) is 0 Å². The van der Waals surface area contributed by atoms with Gasteiger partial charge in [0.2, 0.25) is 0 Å². The lowest BCUT2D eigenvalue weighted by Gasteiger charge is -2.00. The first-order valence-corrected chi connectivity index (χ1v) is 2.99. The topological polar surface area (TPSA) is 52.4 Å². The largest absolute Gasteiger partial charge is 0.478 e. The zero-order valence-corrected chi connectivity index (χ0v) is 7.12. The van der Waals surface area contributed by atoms with E-state index in [9.17, 15) is 0 Å². The SMILES string of the molecule is CO/N=C(OC)/C(C)=N/OC. The second-order valence-electron chi connectivity index (χ2n) is 1.64. The van der Waals surface area contributed by atoms with Gasteiger partial charge in [0, 0.05) is 0 Å². The molecular weight excluding hydrogens is 148 g/mol. The maximum absolute atomic E-state index is 4.82. The van der Waals surface area contributed by atoms with Crippen LogP contribution < -0.4 is 0 Å². The Morgan fingerprint density at radius 2 is 1.55 bits per heavy atom. The molecule has 5 nitrogen and oxygen atoms in total. The number of methoxy groups -OCH3 is 1. The summed E-state index contributed by atoms with van der Waals surface area (Å²) < 4.78 is 4.82. The molecule has 0 bridgehead atoms. The van der Waals surface area contributed by atoms with Crippen LogP contribution in [-0.2, 0) is 14.4 Å². The normalized spacial score (nSPS) is 12.7. The van der Waals surface area contributed by atoms with Crippen molar-refractivity contribution >= 4 is 11.6 Å². The minimum absolute atomic E-state index is 0.300. The molecule has 0 aliphatic heterocycles. The Kier molecular flexibility index (Phi) is 4.89. The van der Waals surface area contributed by atoms with E-state index in [0.717, 1.165) is 0 Å². The summed E-state index contributed by atoms with van der Waals surface area (Å²) in [7, 11) is 4.36. The molecule has 64 valence electrons. The fraction of sp³-hybridized carbons (Fsp3) is 0.667. The Balaban J connectivity index is 4.25. The fourth-order valence-electron chi connectivity index (χ4n) is 0.510. The lowest BCUT2D eigenvalue weighted by Crippen LogP contribution is -2.13. The summed E-state index contributed by atoms with van der Waals surface area (Å²) in [5.41, 5.74) is 0.525. The molecule has 0 spiro atoms. The second-order valence-corrected chi connectivity index (χ2v) is 1.64. The van der Waals surface area contributed by atoms with Gasteiger partial charge in [0.05, 0.1) is 7.11 Å². The van der Waals surface area contributed by atoms with Gasteiger partial charge in [-0.1, -0.05) is 5.16 Å². The molecular formula is C6H12N2O3. The molecule has 0 radical (unpaired) electrons. The van der Waals surface area contributed by atoms with E-state index in [1.165, 1.54) is 21.3 Å². The van der Waals surface area contributed by atoms with E-state index in [1.54, 1.807) is 6.92 Å². The molecule has 5 heteroatoms.